The Labute approximate surface area is 143 Å². The van der Waals surface area contributed by atoms with Crippen LogP contribution >= 0.6 is 0 Å². The smallest absolute Gasteiger partial charge is 0.141 e. The standard InChI is InChI=1S/C22H21NO/c24-18-22(21-14-8-3-9-15-21)23(16-19-10-4-1-5-11-19)17-20-12-6-2-7-13-20/h1-15,18,22H,16-17H2/t22-/m1/s1. The molecule has 0 aromatic heterocycles. The summed E-state index contributed by atoms with van der Waals surface area (Å²) < 4.78 is 0. The number of rotatable bonds is 7. The molecule has 0 amide bonds. The molecule has 2 heteroatoms. The van der Waals surface area contributed by atoms with Crippen molar-refractivity contribution < 1.29 is 4.79 Å². The van der Waals surface area contributed by atoms with E-state index in [4.69, 9.17) is 0 Å². The summed E-state index contributed by atoms with van der Waals surface area (Å²) >= 11 is 0. The van der Waals surface area contributed by atoms with Gasteiger partial charge in [-0.1, -0.05) is 91.0 Å². The maximum Gasteiger partial charge on any atom is 0.141 e. The van der Waals surface area contributed by atoms with Crippen molar-refractivity contribution in [3.63, 3.8) is 0 Å². The molecular formula is C22H21NO. The second kappa shape index (κ2) is 8.23. The van der Waals surface area contributed by atoms with Crippen LogP contribution in [0.1, 0.15) is 22.7 Å². The molecule has 0 bridgehead atoms. The molecule has 0 saturated heterocycles. The van der Waals surface area contributed by atoms with Gasteiger partial charge in [-0.25, -0.2) is 0 Å². The summed E-state index contributed by atoms with van der Waals surface area (Å²) in [4.78, 5) is 14.1. The third kappa shape index (κ3) is 4.18. The van der Waals surface area contributed by atoms with Crippen molar-refractivity contribution in [1.29, 1.82) is 0 Å². The fraction of sp³-hybridized carbons (Fsp3) is 0.136. The average Bonchev–Trinajstić information content (AvgIpc) is 2.65. The average molecular weight is 315 g/mol. The zero-order valence-corrected chi connectivity index (χ0v) is 13.6. The number of hydrogen-bond donors (Lipinski definition) is 0. The summed E-state index contributed by atoms with van der Waals surface area (Å²) in [5.41, 5.74) is 3.44. The van der Waals surface area contributed by atoms with E-state index in [1.165, 1.54) is 11.1 Å². The fourth-order valence-electron chi connectivity index (χ4n) is 2.91. The van der Waals surface area contributed by atoms with E-state index in [2.05, 4.69) is 29.2 Å². The van der Waals surface area contributed by atoms with E-state index in [0.717, 1.165) is 24.9 Å². The van der Waals surface area contributed by atoms with Crippen LogP contribution in [0.2, 0.25) is 0 Å². The predicted octanol–water partition coefficient (Wildman–Crippen LogP) is 4.63. The lowest BCUT2D eigenvalue weighted by molar-refractivity contribution is -0.113. The Morgan fingerprint density at radius 2 is 1.08 bits per heavy atom. The van der Waals surface area contributed by atoms with Gasteiger partial charge >= 0.3 is 0 Å². The first-order valence-corrected chi connectivity index (χ1v) is 8.19. The van der Waals surface area contributed by atoms with Crippen LogP contribution in [-0.4, -0.2) is 11.2 Å². The van der Waals surface area contributed by atoms with Gasteiger partial charge in [-0.3, -0.25) is 4.90 Å². The maximum atomic E-state index is 11.9. The molecule has 0 unspecified atom stereocenters. The van der Waals surface area contributed by atoms with Crippen molar-refractivity contribution in [3.8, 4) is 0 Å². The van der Waals surface area contributed by atoms with E-state index in [0.29, 0.717) is 0 Å². The largest absolute Gasteiger partial charge is 0.301 e. The highest BCUT2D eigenvalue weighted by Gasteiger charge is 2.20. The normalized spacial score (nSPS) is 12.0. The van der Waals surface area contributed by atoms with E-state index in [9.17, 15) is 4.79 Å². The molecule has 0 saturated carbocycles. The summed E-state index contributed by atoms with van der Waals surface area (Å²) in [6, 6.07) is 30.3. The summed E-state index contributed by atoms with van der Waals surface area (Å²) in [5.74, 6) is 0. The van der Waals surface area contributed by atoms with E-state index < -0.39 is 0 Å². The quantitative estimate of drug-likeness (QED) is 0.593. The van der Waals surface area contributed by atoms with Crippen LogP contribution in [0, 0.1) is 0 Å². The number of benzene rings is 3. The first kappa shape index (κ1) is 16.2. The molecule has 2 nitrogen and oxygen atoms in total. The van der Waals surface area contributed by atoms with Crippen LogP contribution in [0.25, 0.3) is 0 Å². The summed E-state index contributed by atoms with van der Waals surface area (Å²) in [7, 11) is 0. The zero-order valence-electron chi connectivity index (χ0n) is 13.6. The van der Waals surface area contributed by atoms with Gasteiger partial charge in [-0.05, 0) is 16.7 Å². The van der Waals surface area contributed by atoms with E-state index >= 15 is 0 Å². The lowest BCUT2D eigenvalue weighted by Crippen LogP contribution is -2.29. The molecule has 24 heavy (non-hydrogen) atoms. The predicted molar refractivity (Wildman–Crippen MR) is 97.4 cm³/mol. The number of nitrogens with zero attached hydrogens (tertiary/aromatic N) is 1. The highest BCUT2D eigenvalue weighted by molar-refractivity contribution is 5.61. The number of hydrogen-bond acceptors (Lipinski definition) is 2. The minimum atomic E-state index is -0.258. The molecule has 120 valence electrons. The number of aldehydes is 1. The highest BCUT2D eigenvalue weighted by Crippen LogP contribution is 2.23. The maximum absolute atomic E-state index is 11.9. The van der Waals surface area contributed by atoms with Gasteiger partial charge in [0.15, 0.2) is 0 Å². The summed E-state index contributed by atoms with van der Waals surface area (Å²) in [5, 5.41) is 0. The Morgan fingerprint density at radius 3 is 1.50 bits per heavy atom. The molecule has 0 aliphatic heterocycles. The van der Waals surface area contributed by atoms with Crippen LogP contribution in [0.4, 0.5) is 0 Å². The molecular weight excluding hydrogens is 294 g/mol. The van der Waals surface area contributed by atoms with Gasteiger partial charge in [0, 0.05) is 13.1 Å². The molecule has 0 radical (unpaired) electrons. The topological polar surface area (TPSA) is 20.3 Å². The molecule has 0 heterocycles. The molecule has 3 aromatic carbocycles. The minimum absolute atomic E-state index is 0.258. The van der Waals surface area contributed by atoms with Gasteiger partial charge in [0.1, 0.15) is 6.29 Å². The van der Waals surface area contributed by atoms with Crippen LogP contribution in [-0.2, 0) is 17.9 Å². The van der Waals surface area contributed by atoms with Gasteiger partial charge in [0.25, 0.3) is 0 Å². The minimum Gasteiger partial charge on any atom is -0.301 e. The molecule has 1 atom stereocenters. The molecule has 0 spiro atoms. The Balaban J connectivity index is 1.89. The lowest BCUT2D eigenvalue weighted by Gasteiger charge is -2.28. The van der Waals surface area contributed by atoms with E-state index in [1.54, 1.807) is 0 Å². The molecule has 0 aliphatic rings. The lowest BCUT2D eigenvalue weighted by atomic mass is 10.0. The van der Waals surface area contributed by atoms with Crippen molar-refractivity contribution in [2.24, 2.45) is 0 Å². The monoisotopic (exact) mass is 315 g/mol. The van der Waals surface area contributed by atoms with Gasteiger partial charge in [-0.15, -0.1) is 0 Å². The molecule has 0 aliphatic carbocycles. The molecule has 3 aromatic rings. The van der Waals surface area contributed by atoms with Crippen molar-refractivity contribution >= 4 is 6.29 Å². The molecule has 0 fully saturated rings. The van der Waals surface area contributed by atoms with E-state index in [-0.39, 0.29) is 6.04 Å². The van der Waals surface area contributed by atoms with Crippen LogP contribution in [0.3, 0.4) is 0 Å². The van der Waals surface area contributed by atoms with Crippen molar-refractivity contribution in [1.82, 2.24) is 4.90 Å². The van der Waals surface area contributed by atoms with Gasteiger partial charge in [-0.2, -0.15) is 0 Å². The second-order valence-electron chi connectivity index (χ2n) is 5.87. The van der Waals surface area contributed by atoms with Gasteiger partial charge in [0.2, 0.25) is 0 Å². The Kier molecular flexibility index (Phi) is 5.54. The Morgan fingerprint density at radius 1 is 0.667 bits per heavy atom. The highest BCUT2D eigenvalue weighted by atomic mass is 16.1. The van der Waals surface area contributed by atoms with Crippen molar-refractivity contribution in [3.05, 3.63) is 108 Å². The fourth-order valence-corrected chi connectivity index (χ4v) is 2.91. The van der Waals surface area contributed by atoms with Gasteiger partial charge < -0.3 is 4.79 Å². The Bertz CT molecular complexity index is 699. The van der Waals surface area contributed by atoms with Crippen LogP contribution in [0.5, 0.6) is 0 Å². The zero-order chi connectivity index (χ0) is 16.6. The first-order chi connectivity index (χ1) is 11.9. The number of carbonyl (C=O) groups is 1. The van der Waals surface area contributed by atoms with Crippen molar-refractivity contribution in [2.75, 3.05) is 0 Å². The van der Waals surface area contributed by atoms with Gasteiger partial charge in [0.05, 0.1) is 6.04 Å². The number of carbonyl (C=O) groups excluding carboxylic acids is 1. The molecule has 3 rings (SSSR count). The summed E-state index contributed by atoms with van der Waals surface area (Å²) in [6.45, 7) is 1.46. The second-order valence-corrected chi connectivity index (χ2v) is 5.87. The van der Waals surface area contributed by atoms with Crippen LogP contribution < -0.4 is 0 Å². The third-order valence-electron chi connectivity index (χ3n) is 4.12. The first-order valence-electron chi connectivity index (χ1n) is 8.19. The van der Waals surface area contributed by atoms with Crippen molar-refractivity contribution in [2.45, 2.75) is 19.1 Å². The molecule has 0 N–H and O–H groups in total. The van der Waals surface area contributed by atoms with Crippen LogP contribution in [0.15, 0.2) is 91.0 Å². The third-order valence-corrected chi connectivity index (χ3v) is 4.12. The Hall–Kier alpha value is -2.71. The van der Waals surface area contributed by atoms with E-state index in [1.807, 2.05) is 66.7 Å². The SMILES string of the molecule is O=C[C@H](c1ccccc1)N(Cc1ccccc1)Cc1ccccc1. The summed E-state index contributed by atoms with van der Waals surface area (Å²) in [6.07, 6.45) is 1.04.